The molecule has 8 nitrogen and oxygen atoms in total. The van der Waals surface area contributed by atoms with Gasteiger partial charge in [0.15, 0.2) is 17.1 Å². The third-order valence-corrected chi connectivity index (χ3v) is 6.20. The smallest absolute Gasteiger partial charge is 0.231 e. The molecule has 32 heavy (non-hydrogen) atoms. The number of anilines is 2. The average Bonchev–Trinajstić information content (AvgIpc) is 3.30. The minimum atomic E-state index is -0.0244. The highest BCUT2D eigenvalue weighted by molar-refractivity contribution is 5.93. The number of ether oxygens (including phenoxy) is 2. The van der Waals surface area contributed by atoms with E-state index in [0.717, 1.165) is 67.1 Å². The van der Waals surface area contributed by atoms with E-state index in [1.54, 1.807) is 0 Å². The van der Waals surface area contributed by atoms with E-state index >= 15 is 0 Å². The standard InChI is InChI=1S/C24H27N5O3/c1-3-18-19(4-2)28-23-20(27-18)12-17(13-25-23)29-9-7-15(8-10-29)24(30)26-16-5-6-21-22(11-16)32-14-31-21/h5-6,11-13,15H,3-4,7-10,14H2,1-2H3,(H,26,30). The Morgan fingerprint density at radius 1 is 1.06 bits per heavy atom. The van der Waals surface area contributed by atoms with Crippen LogP contribution in [0.3, 0.4) is 0 Å². The Morgan fingerprint density at radius 3 is 2.59 bits per heavy atom. The summed E-state index contributed by atoms with van der Waals surface area (Å²) in [5, 5.41) is 3.02. The van der Waals surface area contributed by atoms with Gasteiger partial charge in [-0.3, -0.25) is 4.79 Å². The van der Waals surface area contributed by atoms with Gasteiger partial charge in [0.2, 0.25) is 12.7 Å². The molecule has 0 bridgehead atoms. The van der Waals surface area contributed by atoms with Gasteiger partial charge in [0.1, 0.15) is 5.52 Å². The molecule has 8 heteroatoms. The zero-order valence-electron chi connectivity index (χ0n) is 18.4. The van der Waals surface area contributed by atoms with E-state index in [4.69, 9.17) is 14.5 Å². The predicted octanol–water partition coefficient (Wildman–Crippen LogP) is 3.73. The fraction of sp³-hybridized carbons (Fsp3) is 0.417. The molecule has 0 atom stereocenters. The van der Waals surface area contributed by atoms with Crippen LogP contribution in [0.4, 0.5) is 11.4 Å². The molecule has 2 aliphatic rings. The fourth-order valence-corrected chi connectivity index (χ4v) is 4.36. The molecule has 3 aromatic rings. The van der Waals surface area contributed by atoms with Crippen molar-refractivity contribution in [3.05, 3.63) is 41.9 Å². The number of aromatic nitrogens is 3. The molecule has 166 valence electrons. The molecule has 1 aromatic carbocycles. The second kappa shape index (κ2) is 8.61. The lowest BCUT2D eigenvalue weighted by molar-refractivity contribution is -0.120. The molecule has 1 saturated heterocycles. The van der Waals surface area contributed by atoms with E-state index in [-0.39, 0.29) is 18.6 Å². The van der Waals surface area contributed by atoms with Crippen LogP contribution in [0.25, 0.3) is 11.2 Å². The first-order valence-electron chi connectivity index (χ1n) is 11.3. The van der Waals surface area contributed by atoms with E-state index in [9.17, 15) is 4.79 Å². The fourth-order valence-electron chi connectivity index (χ4n) is 4.36. The lowest BCUT2D eigenvalue weighted by Crippen LogP contribution is -2.38. The van der Waals surface area contributed by atoms with Crippen LogP contribution in [0.15, 0.2) is 30.5 Å². The van der Waals surface area contributed by atoms with Crippen LogP contribution in [-0.2, 0) is 17.6 Å². The summed E-state index contributed by atoms with van der Waals surface area (Å²) in [4.78, 5) is 29.1. The molecular formula is C24H27N5O3. The first-order valence-corrected chi connectivity index (χ1v) is 11.3. The topological polar surface area (TPSA) is 89.5 Å². The monoisotopic (exact) mass is 433 g/mol. The summed E-state index contributed by atoms with van der Waals surface area (Å²) in [7, 11) is 0. The maximum Gasteiger partial charge on any atom is 0.231 e. The van der Waals surface area contributed by atoms with Crippen LogP contribution in [0.2, 0.25) is 0 Å². The highest BCUT2D eigenvalue weighted by Crippen LogP contribution is 2.34. The van der Waals surface area contributed by atoms with Gasteiger partial charge in [0.25, 0.3) is 0 Å². The molecule has 0 unspecified atom stereocenters. The quantitative estimate of drug-likeness (QED) is 0.656. The van der Waals surface area contributed by atoms with Crippen molar-refractivity contribution in [1.29, 1.82) is 0 Å². The number of rotatable bonds is 5. The Hall–Kier alpha value is -3.42. The second-order valence-corrected chi connectivity index (χ2v) is 8.18. The van der Waals surface area contributed by atoms with Crippen molar-refractivity contribution in [3.63, 3.8) is 0 Å². The number of fused-ring (bicyclic) bond motifs is 2. The number of nitrogens with zero attached hydrogens (tertiary/aromatic N) is 4. The van der Waals surface area contributed by atoms with Gasteiger partial charge in [0, 0.05) is 30.8 Å². The number of nitrogens with one attached hydrogen (secondary N) is 1. The Labute approximate surface area is 187 Å². The van der Waals surface area contributed by atoms with Crippen molar-refractivity contribution < 1.29 is 14.3 Å². The van der Waals surface area contributed by atoms with Crippen LogP contribution < -0.4 is 19.7 Å². The summed E-state index contributed by atoms with van der Waals surface area (Å²) in [6.07, 6.45) is 5.16. The first-order chi connectivity index (χ1) is 15.6. The van der Waals surface area contributed by atoms with Crippen molar-refractivity contribution in [3.8, 4) is 11.5 Å². The van der Waals surface area contributed by atoms with Crippen LogP contribution in [0.1, 0.15) is 38.1 Å². The van der Waals surface area contributed by atoms with Gasteiger partial charge in [-0.25, -0.2) is 15.0 Å². The van der Waals surface area contributed by atoms with Gasteiger partial charge in [0.05, 0.1) is 23.3 Å². The number of hydrogen-bond acceptors (Lipinski definition) is 7. The van der Waals surface area contributed by atoms with Gasteiger partial charge < -0.3 is 19.7 Å². The minimum absolute atomic E-state index is 0.0244. The molecule has 0 saturated carbocycles. The summed E-state index contributed by atoms with van der Waals surface area (Å²) in [6.45, 7) is 6.02. The van der Waals surface area contributed by atoms with E-state index in [0.29, 0.717) is 17.1 Å². The molecule has 2 aliphatic heterocycles. The summed E-state index contributed by atoms with van der Waals surface area (Å²) in [6, 6.07) is 7.55. The van der Waals surface area contributed by atoms with Gasteiger partial charge in [-0.2, -0.15) is 0 Å². The Bertz CT molecular complexity index is 1160. The molecule has 1 fully saturated rings. The minimum Gasteiger partial charge on any atom is -0.454 e. The van der Waals surface area contributed by atoms with Crippen LogP contribution in [0, 0.1) is 5.92 Å². The summed E-state index contributed by atoms with van der Waals surface area (Å²) >= 11 is 0. The van der Waals surface area contributed by atoms with Crippen LogP contribution in [0.5, 0.6) is 11.5 Å². The first kappa shape index (κ1) is 20.5. The van der Waals surface area contributed by atoms with Gasteiger partial charge >= 0.3 is 0 Å². The largest absolute Gasteiger partial charge is 0.454 e. The van der Waals surface area contributed by atoms with E-state index < -0.39 is 0 Å². The molecular weight excluding hydrogens is 406 g/mol. The number of hydrogen-bond donors (Lipinski definition) is 1. The van der Waals surface area contributed by atoms with E-state index in [2.05, 4.69) is 40.1 Å². The zero-order valence-corrected chi connectivity index (χ0v) is 18.4. The lowest BCUT2D eigenvalue weighted by Gasteiger charge is -2.32. The molecule has 0 radical (unpaired) electrons. The number of carbonyl (C=O) groups is 1. The number of piperidine rings is 1. The maximum atomic E-state index is 12.8. The molecule has 5 rings (SSSR count). The van der Waals surface area contributed by atoms with Gasteiger partial charge in [-0.15, -0.1) is 0 Å². The normalized spacial score (nSPS) is 15.9. The molecule has 0 aliphatic carbocycles. The highest BCUT2D eigenvalue weighted by atomic mass is 16.7. The molecule has 4 heterocycles. The van der Waals surface area contributed by atoms with Crippen molar-refractivity contribution >= 4 is 28.4 Å². The van der Waals surface area contributed by atoms with E-state index in [1.807, 2.05) is 24.4 Å². The van der Waals surface area contributed by atoms with Crippen molar-refractivity contribution in [1.82, 2.24) is 15.0 Å². The highest BCUT2D eigenvalue weighted by Gasteiger charge is 2.26. The van der Waals surface area contributed by atoms with Crippen LogP contribution in [-0.4, -0.2) is 40.7 Å². The molecule has 1 N–H and O–H groups in total. The SMILES string of the molecule is CCc1nc2cc(N3CCC(C(=O)Nc4ccc5c(c4)OCO5)CC3)cnc2nc1CC. The van der Waals surface area contributed by atoms with Crippen molar-refractivity contribution in [2.45, 2.75) is 39.5 Å². The molecule has 2 aromatic heterocycles. The zero-order chi connectivity index (χ0) is 22.1. The summed E-state index contributed by atoms with van der Waals surface area (Å²) in [5.41, 5.74) is 5.36. The maximum absolute atomic E-state index is 12.8. The Morgan fingerprint density at radius 2 is 1.81 bits per heavy atom. The number of aryl methyl sites for hydroxylation is 2. The predicted molar refractivity (Wildman–Crippen MR) is 122 cm³/mol. The second-order valence-electron chi connectivity index (χ2n) is 8.18. The van der Waals surface area contributed by atoms with Gasteiger partial charge in [-0.05, 0) is 43.9 Å². The summed E-state index contributed by atoms with van der Waals surface area (Å²) < 4.78 is 10.7. The molecule has 1 amide bonds. The number of carbonyl (C=O) groups excluding carboxylic acids is 1. The van der Waals surface area contributed by atoms with Crippen LogP contribution >= 0.6 is 0 Å². The Kier molecular flexibility index (Phi) is 5.51. The van der Waals surface area contributed by atoms with Crippen molar-refractivity contribution in [2.24, 2.45) is 5.92 Å². The third kappa shape index (κ3) is 3.92. The van der Waals surface area contributed by atoms with Crippen molar-refractivity contribution in [2.75, 3.05) is 30.1 Å². The molecule has 0 spiro atoms. The average molecular weight is 434 g/mol. The van der Waals surface area contributed by atoms with E-state index in [1.165, 1.54) is 0 Å². The summed E-state index contributed by atoms with van der Waals surface area (Å²) in [5.74, 6) is 1.40. The number of pyridine rings is 1. The Balaban J connectivity index is 1.24. The third-order valence-electron chi connectivity index (χ3n) is 6.20. The number of benzene rings is 1. The number of amides is 1. The lowest BCUT2D eigenvalue weighted by atomic mass is 9.95. The van der Waals surface area contributed by atoms with Gasteiger partial charge in [-0.1, -0.05) is 13.8 Å².